The minimum absolute atomic E-state index is 0.173. The average molecular weight is 561 g/mol. The smallest absolute Gasteiger partial charge is 0.206 e. The second kappa shape index (κ2) is 16.0. The molecule has 3 rings (SSSR count). The van der Waals surface area contributed by atoms with Crippen LogP contribution in [0.4, 0.5) is 4.39 Å². The quantitative estimate of drug-likeness (QED) is 0.337. The Hall–Kier alpha value is -0.971. The summed E-state index contributed by atoms with van der Waals surface area (Å²) in [4.78, 5) is 0.392. The van der Waals surface area contributed by atoms with Crippen LogP contribution in [-0.4, -0.2) is 109 Å². The summed E-state index contributed by atoms with van der Waals surface area (Å²) in [5, 5.41) is 0.799. The highest BCUT2D eigenvalue weighted by Gasteiger charge is 2.35. The van der Waals surface area contributed by atoms with Crippen LogP contribution in [0.25, 0.3) is 0 Å². The first-order valence-electron chi connectivity index (χ1n) is 12.2. The van der Waals surface area contributed by atoms with E-state index < -0.39 is 54.0 Å². The molecule has 0 atom stereocenters. The Bertz CT molecular complexity index is 1320. The number of benzene rings is 3. The van der Waals surface area contributed by atoms with Gasteiger partial charge in [0.2, 0.25) is 9.84 Å². The molecule has 0 aromatic heterocycles. The van der Waals surface area contributed by atoms with Crippen LogP contribution in [-0.2, 0) is 22.7 Å². The number of sulfone groups is 1. The van der Waals surface area contributed by atoms with E-state index in [4.69, 9.17) is 85.1 Å². The number of aryl methyl sites for hydroxylation is 2. The SMILES string of the molecule is O=S(=O)(c1ccc(Cl)cc1)c1ccccc1CCc1ccc(Cl)cc1F.[B]B([B])B(B([B])[B])B(B([B])[B])B([B])[B]. The third kappa shape index (κ3) is 9.80. The topological polar surface area (TPSA) is 34.1 Å². The fourth-order valence-corrected chi connectivity index (χ4v) is 6.05. The highest BCUT2D eigenvalue weighted by molar-refractivity contribution is 8.10. The Morgan fingerprint density at radius 3 is 1.55 bits per heavy atom. The van der Waals surface area contributed by atoms with Crippen molar-refractivity contribution >= 4 is 133 Å². The zero-order valence-corrected chi connectivity index (χ0v) is 24.0. The molecular formula is C20H15B14Cl2FO2S. The van der Waals surface area contributed by atoms with Gasteiger partial charge >= 0.3 is 0 Å². The Labute approximate surface area is 261 Å². The summed E-state index contributed by atoms with van der Waals surface area (Å²) in [6.45, 7) is 0. The molecule has 2 nitrogen and oxygen atoms in total. The van der Waals surface area contributed by atoms with Crippen molar-refractivity contribution in [3.05, 3.63) is 93.7 Å². The van der Waals surface area contributed by atoms with Crippen LogP contribution in [0.15, 0.2) is 76.5 Å². The second-order valence-electron chi connectivity index (χ2n) is 9.26. The molecule has 0 spiro atoms. The summed E-state index contributed by atoms with van der Waals surface area (Å²) in [6, 6.07) is 17.3. The van der Waals surface area contributed by atoms with E-state index in [0.717, 1.165) is 0 Å². The molecule has 0 aliphatic rings. The van der Waals surface area contributed by atoms with Crippen molar-refractivity contribution in [3.8, 4) is 0 Å². The normalized spacial score (nSPS) is 10.6. The molecular weight excluding hydrogens is 546 g/mol. The van der Waals surface area contributed by atoms with Gasteiger partial charge in [0.15, 0.2) is 0 Å². The molecule has 0 saturated heterocycles. The molecule has 0 fully saturated rings. The van der Waals surface area contributed by atoms with Crippen LogP contribution in [0, 0.1) is 5.82 Å². The van der Waals surface area contributed by atoms with E-state index in [-0.39, 0.29) is 9.79 Å². The molecule has 176 valence electrons. The summed E-state index contributed by atoms with van der Waals surface area (Å²) in [5.74, 6) is -0.393. The van der Waals surface area contributed by atoms with Crippen molar-refractivity contribution in [2.24, 2.45) is 0 Å². The maximum absolute atomic E-state index is 14.0. The molecule has 20 heteroatoms. The molecule has 0 aliphatic carbocycles. The van der Waals surface area contributed by atoms with Crippen molar-refractivity contribution in [2.75, 3.05) is 0 Å². The molecule has 0 aliphatic heterocycles. The lowest BCUT2D eigenvalue weighted by Crippen LogP contribution is -2.72. The standard InChI is InChI=1S/C20H15Cl2FO2S.B14/c21-16-9-11-18(12-10-16)26(24,25)20-4-2-1-3-15(20)6-5-14-7-8-17(22)13-19(14)23;1-9(2)13(10(3)4)14(11(5)6)12(7)8/h1-4,7-13H,5-6H2;. The summed E-state index contributed by atoms with van der Waals surface area (Å²) in [6.07, 6.45) is -3.32. The van der Waals surface area contributed by atoms with E-state index in [2.05, 4.69) is 0 Å². The van der Waals surface area contributed by atoms with Gasteiger partial charge in [-0.25, -0.2) is 12.8 Å². The number of hydrogen-bond acceptors (Lipinski definition) is 2. The van der Waals surface area contributed by atoms with Crippen LogP contribution < -0.4 is 0 Å². The van der Waals surface area contributed by atoms with Crippen LogP contribution in [0.1, 0.15) is 11.1 Å². The van der Waals surface area contributed by atoms with E-state index in [1.807, 2.05) is 0 Å². The molecule has 3 aromatic rings. The van der Waals surface area contributed by atoms with Gasteiger partial charge in [-0.15, -0.1) is 0 Å². The zero-order chi connectivity index (χ0) is 30.2. The Balaban J connectivity index is 0.000000342. The molecule has 0 saturated carbocycles. The summed E-state index contributed by atoms with van der Waals surface area (Å²) < 4.78 is 39.9. The molecule has 0 N–H and O–H groups in total. The average Bonchev–Trinajstić information content (AvgIpc) is 2.86. The van der Waals surface area contributed by atoms with E-state index >= 15 is 0 Å². The Morgan fingerprint density at radius 2 is 1.07 bits per heavy atom. The first-order chi connectivity index (χ1) is 18.7. The van der Waals surface area contributed by atoms with Crippen molar-refractivity contribution in [1.29, 1.82) is 0 Å². The first-order valence-corrected chi connectivity index (χ1v) is 14.5. The fourth-order valence-electron chi connectivity index (χ4n) is 4.25. The Morgan fingerprint density at radius 1 is 0.625 bits per heavy atom. The van der Waals surface area contributed by atoms with Crippen LogP contribution >= 0.6 is 23.2 Å². The molecule has 0 bridgehead atoms. The maximum Gasteiger partial charge on any atom is 0.206 e. The zero-order valence-electron chi connectivity index (χ0n) is 21.7. The third-order valence-corrected chi connectivity index (χ3v) is 8.64. The lowest BCUT2D eigenvalue weighted by Gasteiger charge is -2.34. The van der Waals surface area contributed by atoms with Crippen molar-refractivity contribution in [1.82, 2.24) is 0 Å². The first kappa shape index (κ1) is 35.2. The predicted molar refractivity (Wildman–Crippen MR) is 183 cm³/mol. The summed E-state index contributed by atoms with van der Waals surface area (Å²) in [7, 11) is 40.4. The van der Waals surface area contributed by atoms with Gasteiger partial charge in [0, 0.05) is 110 Å². The molecule has 0 amide bonds. The van der Waals surface area contributed by atoms with E-state index in [9.17, 15) is 12.8 Å². The molecule has 0 unspecified atom stereocenters. The lowest BCUT2D eigenvalue weighted by molar-refractivity contribution is 0.594. The fraction of sp³-hybridized carbons (Fsp3) is 0.100. The lowest BCUT2D eigenvalue weighted by atomic mass is 8.47. The van der Waals surface area contributed by atoms with Gasteiger partial charge in [-0.2, -0.15) is 0 Å². The van der Waals surface area contributed by atoms with E-state index in [1.165, 1.54) is 18.2 Å². The van der Waals surface area contributed by atoms with Gasteiger partial charge in [0.25, 0.3) is 0 Å². The van der Waals surface area contributed by atoms with Gasteiger partial charge in [-0.05, 0) is 66.4 Å². The van der Waals surface area contributed by atoms with Crippen molar-refractivity contribution in [2.45, 2.75) is 22.6 Å². The Kier molecular flexibility index (Phi) is 14.1. The second-order valence-corrected chi connectivity index (χ2v) is 12.1. The van der Waals surface area contributed by atoms with E-state index in [1.54, 1.807) is 48.5 Å². The van der Waals surface area contributed by atoms with Gasteiger partial charge < -0.3 is 0 Å². The van der Waals surface area contributed by atoms with Gasteiger partial charge in [-0.1, -0.05) is 47.5 Å². The van der Waals surface area contributed by atoms with Crippen LogP contribution in [0.5, 0.6) is 0 Å². The third-order valence-electron chi connectivity index (χ3n) is 6.29. The highest BCUT2D eigenvalue weighted by Crippen LogP contribution is 2.26. The number of rotatable bonds is 10. The predicted octanol–water partition coefficient (Wildman–Crippen LogP) is 0.419. The molecule has 40 heavy (non-hydrogen) atoms. The summed E-state index contributed by atoms with van der Waals surface area (Å²) >= 11 is 11.6. The molecule has 0 heterocycles. The number of hydrogen-bond donors (Lipinski definition) is 0. The van der Waals surface area contributed by atoms with Gasteiger partial charge in [-0.3, -0.25) is 0 Å². The molecule has 16 radical (unpaired) electrons. The van der Waals surface area contributed by atoms with E-state index in [0.29, 0.717) is 34.0 Å². The molecule has 3 aromatic carbocycles. The van der Waals surface area contributed by atoms with Crippen LogP contribution in [0.3, 0.4) is 0 Å². The largest absolute Gasteiger partial charge is 0.219 e. The number of halogens is 3. The van der Waals surface area contributed by atoms with Crippen LogP contribution in [0.2, 0.25) is 10.0 Å². The monoisotopic (exact) mass is 562 g/mol. The van der Waals surface area contributed by atoms with Crippen molar-refractivity contribution < 1.29 is 12.8 Å². The van der Waals surface area contributed by atoms with Gasteiger partial charge in [0.05, 0.1) is 9.79 Å². The minimum Gasteiger partial charge on any atom is -0.219 e. The van der Waals surface area contributed by atoms with Crippen molar-refractivity contribution in [3.63, 3.8) is 0 Å². The summed E-state index contributed by atoms with van der Waals surface area (Å²) in [5.41, 5.74) is 1.13. The maximum atomic E-state index is 14.0. The highest BCUT2D eigenvalue weighted by atomic mass is 35.5. The van der Waals surface area contributed by atoms with Gasteiger partial charge in [0.1, 0.15) is 5.82 Å². The minimum atomic E-state index is -3.68.